The Morgan fingerprint density at radius 3 is 2.09 bits per heavy atom. The van der Waals surface area contributed by atoms with Crippen molar-refractivity contribution < 1.29 is 19.1 Å². The highest BCUT2D eigenvalue weighted by Gasteiger charge is 2.33. The molecule has 1 saturated heterocycles. The molecule has 0 N–H and O–H groups in total. The Morgan fingerprint density at radius 1 is 0.906 bits per heavy atom. The van der Waals surface area contributed by atoms with E-state index in [1.54, 1.807) is 37.3 Å². The minimum atomic E-state index is -0.310. The van der Waals surface area contributed by atoms with Gasteiger partial charge in [0.05, 0.1) is 19.8 Å². The SMILES string of the molecule is CCN(CC)C(C(=O)N1CCN(C(=O)c2ccc(OC)cc2OC)CC1)c1ccccc1. The summed E-state index contributed by atoms with van der Waals surface area (Å²) < 4.78 is 10.6. The second-order valence-electron chi connectivity index (χ2n) is 7.72. The van der Waals surface area contributed by atoms with E-state index in [-0.39, 0.29) is 17.9 Å². The molecule has 0 aliphatic carbocycles. The summed E-state index contributed by atoms with van der Waals surface area (Å²) in [5, 5.41) is 0. The highest BCUT2D eigenvalue weighted by atomic mass is 16.5. The molecule has 0 aromatic heterocycles. The summed E-state index contributed by atoms with van der Waals surface area (Å²) >= 11 is 0. The lowest BCUT2D eigenvalue weighted by atomic mass is 10.0. The third-order valence-electron chi connectivity index (χ3n) is 6.04. The second kappa shape index (κ2) is 11.0. The third kappa shape index (κ3) is 5.05. The van der Waals surface area contributed by atoms with Crippen molar-refractivity contribution in [2.24, 2.45) is 0 Å². The standard InChI is InChI=1S/C25H33N3O4/c1-5-26(6-2)23(19-10-8-7-9-11-19)25(30)28-16-14-27(15-17-28)24(29)21-13-12-20(31-3)18-22(21)32-4/h7-13,18,23H,5-6,14-17H2,1-4H3. The summed E-state index contributed by atoms with van der Waals surface area (Å²) in [6, 6.07) is 14.8. The number of hydrogen-bond acceptors (Lipinski definition) is 5. The maximum Gasteiger partial charge on any atom is 0.257 e. The molecule has 2 amide bonds. The van der Waals surface area contributed by atoms with Gasteiger partial charge in [-0.05, 0) is 30.8 Å². The van der Waals surface area contributed by atoms with E-state index in [4.69, 9.17) is 9.47 Å². The molecule has 2 aromatic carbocycles. The van der Waals surface area contributed by atoms with Gasteiger partial charge in [-0.15, -0.1) is 0 Å². The molecule has 1 aliphatic heterocycles. The van der Waals surface area contributed by atoms with Gasteiger partial charge < -0.3 is 19.3 Å². The molecule has 32 heavy (non-hydrogen) atoms. The normalized spacial score (nSPS) is 14.9. The molecule has 7 nitrogen and oxygen atoms in total. The number of carbonyl (C=O) groups excluding carboxylic acids is 2. The Morgan fingerprint density at radius 2 is 1.53 bits per heavy atom. The highest BCUT2D eigenvalue weighted by molar-refractivity contribution is 5.97. The predicted octanol–water partition coefficient (Wildman–Crippen LogP) is 3.07. The molecule has 0 bridgehead atoms. The summed E-state index contributed by atoms with van der Waals surface area (Å²) in [7, 11) is 3.12. The minimum Gasteiger partial charge on any atom is -0.497 e. The maximum absolute atomic E-state index is 13.5. The van der Waals surface area contributed by atoms with Gasteiger partial charge in [0, 0.05) is 32.2 Å². The zero-order chi connectivity index (χ0) is 23.1. The molecule has 172 valence electrons. The van der Waals surface area contributed by atoms with Gasteiger partial charge in [-0.3, -0.25) is 14.5 Å². The Hall–Kier alpha value is -3.06. The van der Waals surface area contributed by atoms with Crippen LogP contribution in [0.2, 0.25) is 0 Å². The minimum absolute atomic E-state index is 0.0917. The van der Waals surface area contributed by atoms with Gasteiger partial charge in [0.25, 0.3) is 5.91 Å². The Balaban J connectivity index is 1.71. The first-order valence-electron chi connectivity index (χ1n) is 11.1. The van der Waals surface area contributed by atoms with Gasteiger partial charge in [-0.1, -0.05) is 44.2 Å². The van der Waals surface area contributed by atoms with E-state index in [0.29, 0.717) is 43.2 Å². The second-order valence-corrected chi connectivity index (χ2v) is 7.72. The number of piperazine rings is 1. The molecule has 1 aliphatic rings. The van der Waals surface area contributed by atoms with Crippen molar-refractivity contribution in [2.75, 3.05) is 53.5 Å². The van der Waals surface area contributed by atoms with Gasteiger partial charge in [0.2, 0.25) is 5.91 Å². The summed E-state index contributed by atoms with van der Waals surface area (Å²) in [6.45, 7) is 7.71. The van der Waals surface area contributed by atoms with E-state index in [2.05, 4.69) is 18.7 Å². The summed E-state index contributed by atoms with van der Waals surface area (Å²) in [6.07, 6.45) is 0. The molecule has 2 aromatic rings. The smallest absolute Gasteiger partial charge is 0.257 e. The Kier molecular flexibility index (Phi) is 8.11. The van der Waals surface area contributed by atoms with Crippen LogP contribution in [0.5, 0.6) is 11.5 Å². The van der Waals surface area contributed by atoms with Crippen molar-refractivity contribution in [3.05, 3.63) is 59.7 Å². The van der Waals surface area contributed by atoms with Crippen LogP contribution in [0.1, 0.15) is 35.8 Å². The molecule has 0 saturated carbocycles. The van der Waals surface area contributed by atoms with E-state index < -0.39 is 0 Å². The number of hydrogen-bond donors (Lipinski definition) is 0. The lowest BCUT2D eigenvalue weighted by Crippen LogP contribution is -2.53. The molecular formula is C25H33N3O4. The maximum atomic E-state index is 13.5. The molecule has 1 atom stereocenters. The molecule has 1 heterocycles. The average molecular weight is 440 g/mol. The van der Waals surface area contributed by atoms with Crippen LogP contribution in [0, 0.1) is 0 Å². The largest absolute Gasteiger partial charge is 0.497 e. The van der Waals surface area contributed by atoms with Crippen LogP contribution in [0.3, 0.4) is 0 Å². The fourth-order valence-electron chi connectivity index (χ4n) is 4.18. The number of amides is 2. The van der Waals surface area contributed by atoms with E-state index >= 15 is 0 Å². The van der Waals surface area contributed by atoms with Crippen LogP contribution in [0.15, 0.2) is 48.5 Å². The number of nitrogens with zero attached hydrogens (tertiary/aromatic N) is 3. The molecule has 0 radical (unpaired) electrons. The van der Waals surface area contributed by atoms with Crippen molar-refractivity contribution in [3.8, 4) is 11.5 Å². The number of ether oxygens (including phenoxy) is 2. The quantitative estimate of drug-likeness (QED) is 0.633. The van der Waals surface area contributed by atoms with Crippen molar-refractivity contribution in [2.45, 2.75) is 19.9 Å². The molecule has 0 spiro atoms. The predicted molar refractivity (Wildman–Crippen MR) is 124 cm³/mol. The first-order chi connectivity index (χ1) is 15.5. The number of carbonyl (C=O) groups is 2. The lowest BCUT2D eigenvalue weighted by Gasteiger charge is -2.39. The average Bonchev–Trinajstić information content (AvgIpc) is 2.86. The first-order valence-corrected chi connectivity index (χ1v) is 11.1. The fourth-order valence-corrected chi connectivity index (χ4v) is 4.18. The van der Waals surface area contributed by atoms with Crippen LogP contribution >= 0.6 is 0 Å². The zero-order valence-electron chi connectivity index (χ0n) is 19.4. The lowest BCUT2D eigenvalue weighted by molar-refractivity contribution is -0.138. The molecule has 1 fully saturated rings. The van der Waals surface area contributed by atoms with Gasteiger partial charge in [0.15, 0.2) is 0 Å². The molecule has 3 rings (SSSR count). The van der Waals surface area contributed by atoms with Crippen LogP contribution in [0.25, 0.3) is 0 Å². The van der Waals surface area contributed by atoms with Crippen LogP contribution in [-0.2, 0) is 4.79 Å². The number of benzene rings is 2. The van der Waals surface area contributed by atoms with Crippen molar-refractivity contribution in [1.82, 2.24) is 14.7 Å². The van der Waals surface area contributed by atoms with Gasteiger partial charge in [-0.25, -0.2) is 0 Å². The third-order valence-corrected chi connectivity index (χ3v) is 6.04. The first kappa shape index (κ1) is 23.6. The van der Waals surface area contributed by atoms with Crippen molar-refractivity contribution in [1.29, 1.82) is 0 Å². The van der Waals surface area contributed by atoms with E-state index in [1.165, 1.54) is 0 Å². The molecule has 1 unspecified atom stereocenters. The number of methoxy groups -OCH3 is 2. The van der Waals surface area contributed by atoms with Gasteiger partial charge >= 0.3 is 0 Å². The van der Waals surface area contributed by atoms with E-state index in [0.717, 1.165) is 18.7 Å². The zero-order valence-corrected chi connectivity index (χ0v) is 19.4. The summed E-state index contributed by atoms with van der Waals surface area (Å²) in [5.74, 6) is 1.12. The summed E-state index contributed by atoms with van der Waals surface area (Å²) in [5.41, 5.74) is 1.50. The van der Waals surface area contributed by atoms with E-state index in [1.807, 2.05) is 35.2 Å². The monoisotopic (exact) mass is 439 g/mol. The van der Waals surface area contributed by atoms with E-state index in [9.17, 15) is 9.59 Å². The Labute approximate surface area is 190 Å². The number of likely N-dealkylation sites (N-methyl/N-ethyl adjacent to an activating group) is 1. The van der Waals surface area contributed by atoms with Crippen molar-refractivity contribution >= 4 is 11.8 Å². The highest BCUT2D eigenvalue weighted by Crippen LogP contribution is 2.27. The topological polar surface area (TPSA) is 62.3 Å². The van der Waals surface area contributed by atoms with Crippen LogP contribution in [0.4, 0.5) is 0 Å². The van der Waals surface area contributed by atoms with Gasteiger partial charge in [-0.2, -0.15) is 0 Å². The van der Waals surface area contributed by atoms with Crippen LogP contribution < -0.4 is 9.47 Å². The van der Waals surface area contributed by atoms with Crippen LogP contribution in [-0.4, -0.2) is 80.0 Å². The van der Waals surface area contributed by atoms with Gasteiger partial charge in [0.1, 0.15) is 17.5 Å². The Bertz CT molecular complexity index is 907. The van der Waals surface area contributed by atoms with Crippen molar-refractivity contribution in [3.63, 3.8) is 0 Å². The fraction of sp³-hybridized carbons (Fsp3) is 0.440. The molecule has 7 heteroatoms. The number of rotatable bonds is 8. The molecular weight excluding hydrogens is 406 g/mol. The summed E-state index contributed by atoms with van der Waals surface area (Å²) in [4.78, 5) is 32.5.